The van der Waals surface area contributed by atoms with Gasteiger partial charge in [-0.1, -0.05) is 41.1 Å². The Balaban J connectivity index is 2.25. The molecule has 1 amide bonds. The molecule has 3 N–H and O–H groups in total. The first-order valence-corrected chi connectivity index (χ1v) is 8.76. The minimum absolute atomic E-state index is 0.248. The third kappa shape index (κ3) is 4.21. The Labute approximate surface area is 150 Å². The van der Waals surface area contributed by atoms with Gasteiger partial charge in [0.2, 0.25) is 0 Å². The molecule has 0 radical (unpaired) electrons. The van der Waals surface area contributed by atoms with Crippen molar-refractivity contribution in [2.24, 2.45) is 11.7 Å². The van der Waals surface area contributed by atoms with E-state index < -0.39 is 5.54 Å². The number of carbonyl (C=O) groups is 1. The van der Waals surface area contributed by atoms with E-state index in [0.29, 0.717) is 23.9 Å². The fourth-order valence-corrected chi connectivity index (χ4v) is 3.20. The average Bonchev–Trinajstić information content (AvgIpc) is 2.88. The summed E-state index contributed by atoms with van der Waals surface area (Å²) in [6, 6.07) is 7.68. The molecule has 1 aromatic carbocycles. The maximum absolute atomic E-state index is 12.6. The lowest BCUT2D eigenvalue weighted by molar-refractivity contribution is 0.0892. The number of hydrogen-bond acceptors (Lipinski definition) is 4. The number of carbonyl (C=O) groups excluding carboxylic acids is 1. The van der Waals surface area contributed by atoms with Gasteiger partial charge in [0.1, 0.15) is 0 Å². The van der Waals surface area contributed by atoms with Gasteiger partial charge in [0, 0.05) is 11.0 Å². The minimum atomic E-state index is -0.461. The van der Waals surface area contributed by atoms with Crippen LogP contribution in [0.4, 0.5) is 0 Å². The highest BCUT2D eigenvalue weighted by molar-refractivity contribution is 9.10. The summed E-state index contributed by atoms with van der Waals surface area (Å²) < 4.78 is 2.59. The van der Waals surface area contributed by atoms with E-state index in [0.717, 1.165) is 16.6 Å². The van der Waals surface area contributed by atoms with Crippen molar-refractivity contribution in [2.75, 3.05) is 6.54 Å². The quantitative estimate of drug-likeness (QED) is 0.789. The molecular weight excluding hydrogens is 370 g/mol. The van der Waals surface area contributed by atoms with Crippen LogP contribution in [-0.2, 0) is 0 Å². The number of nitrogens with two attached hydrogens (primary N) is 1. The molecule has 1 atom stereocenters. The molecule has 24 heavy (non-hydrogen) atoms. The second-order valence-corrected chi connectivity index (χ2v) is 7.65. The number of halogens is 1. The number of rotatable bonds is 6. The van der Waals surface area contributed by atoms with Crippen LogP contribution in [0.25, 0.3) is 5.69 Å². The molecule has 0 aliphatic heterocycles. The van der Waals surface area contributed by atoms with E-state index in [1.54, 1.807) is 4.68 Å². The molecular formula is C17H24BrN5O. The lowest BCUT2D eigenvalue weighted by Crippen LogP contribution is -2.52. The highest BCUT2D eigenvalue weighted by atomic mass is 79.9. The van der Waals surface area contributed by atoms with Crippen LogP contribution < -0.4 is 11.1 Å². The van der Waals surface area contributed by atoms with Gasteiger partial charge < -0.3 is 11.1 Å². The van der Waals surface area contributed by atoms with Gasteiger partial charge in [-0.15, -0.1) is 5.10 Å². The second-order valence-electron chi connectivity index (χ2n) is 6.73. The van der Waals surface area contributed by atoms with Gasteiger partial charge in [0.15, 0.2) is 5.69 Å². The van der Waals surface area contributed by atoms with Gasteiger partial charge in [-0.3, -0.25) is 4.79 Å². The van der Waals surface area contributed by atoms with E-state index in [9.17, 15) is 4.79 Å². The van der Waals surface area contributed by atoms with Crippen molar-refractivity contribution in [1.82, 2.24) is 20.3 Å². The molecule has 130 valence electrons. The van der Waals surface area contributed by atoms with E-state index in [-0.39, 0.29) is 5.91 Å². The molecule has 0 aliphatic rings. The number of nitrogens with zero attached hydrogens (tertiary/aromatic N) is 3. The van der Waals surface area contributed by atoms with E-state index in [1.165, 1.54) is 0 Å². The largest absolute Gasteiger partial charge is 0.344 e. The standard InChI is InChI=1S/C17H24BrN5O/c1-11(2)9-17(4,10-19)20-16(24)15-12(3)23(22-21-15)14-7-5-6-13(18)8-14/h5-8,11H,9-10,19H2,1-4H3,(H,20,24). The van der Waals surface area contributed by atoms with Crippen molar-refractivity contribution in [3.63, 3.8) is 0 Å². The number of benzene rings is 1. The lowest BCUT2D eigenvalue weighted by Gasteiger charge is -2.30. The smallest absolute Gasteiger partial charge is 0.274 e. The number of aromatic nitrogens is 3. The maximum atomic E-state index is 12.6. The molecule has 7 heteroatoms. The van der Waals surface area contributed by atoms with Crippen molar-refractivity contribution < 1.29 is 4.79 Å². The maximum Gasteiger partial charge on any atom is 0.274 e. The molecule has 1 unspecified atom stereocenters. The first-order chi connectivity index (χ1) is 11.3. The van der Waals surface area contributed by atoms with E-state index in [1.807, 2.05) is 38.1 Å². The summed E-state index contributed by atoms with van der Waals surface area (Å²) in [5.41, 5.74) is 7.26. The predicted octanol–water partition coefficient (Wildman–Crippen LogP) is 2.83. The molecule has 1 heterocycles. The zero-order chi connectivity index (χ0) is 17.9. The fraction of sp³-hybridized carbons (Fsp3) is 0.471. The molecule has 6 nitrogen and oxygen atoms in total. The van der Waals surface area contributed by atoms with Crippen molar-refractivity contribution in [2.45, 2.75) is 39.7 Å². The highest BCUT2D eigenvalue weighted by Crippen LogP contribution is 2.19. The van der Waals surface area contributed by atoms with Gasteiger partial charge in [0.05, 0.1) is 16.9 Å². The Bertz CT molecular complexity index is 728. The summed E-state index contributed by atoms with van der Waals surface area (Å²) in [5, 5.41) is 11.2. The van der Waals surface area contributed by atoms with Crippen LogP contribution in [0.5, 0.6) is 0 Å². The lowest BCUT2D eigenvalue weighted by atomic mass is 9.90. The van der Waals surface area contributed by atoms with Crippen LogP contribution in [0.15, 0.2) is 28.7 Å². The van der Waals surface area contributed by atoms with Gasteiger partial charge >= 0.3 is 0 Å². The fourth-order valence-electron chi connectivity index (χ4n) is 2.81. The summed E-state index contributed by atoms with van der Waals surface area (Å²) in [6.07, 6.45) is 0.800. The molecule has 2 rings (SSSR count). The van der Waals surface area contributed by atoms with Crippen LogP contribution in [0.3, 0.4) is 0 Å². The van der Waals surface area contributed by atoms with Crippen molar-refractivity contribution >= 4 is 21.8 Å². The summed E-state index contributed by atoms with van der Waals surface area (Å²) in [5.74, 6) is 0.180. The Kier molecular flexibility index (Phi) is 5.77. The molecule has 0 bridgehead atoms. The van der Waals surface area contributed by atoms with Crippen LogP contribution in [0.1, 0.15) is 43.4 Å². The third-order valence-electron chi connectivity index (χ3n) is 3.89. The second kappa shape index (κ2) is 7.44. The van der Waals surface area contributed by atoms with E-state index in [4.69, 9.17) is 5.73 Å². The number of amides is 1. The summed E-state index contributed by atoms with van der Waals surface area (Å²) in [6.45, 7) is 8.37. The predicted molar refractivity (Wildman–Crippen MR) is 98.2 cm³/mol. The molecule has 0 aliphatic carbocycles. The molecule has 2 aromatic rings. The zero-order valence-electron chi connectivity index (χ0n) is 14.5. The zero-order valence-corrected chi connectivity index (χ0v) is 16.1. The SMILES string of the molecule is Cc1c(C(=O)NC(C)(CN)CC(C)C)nnn1-c1cccc(Br)c1. The van der Waals surface area contributed by atoms with E-state index >= 15 is 0 Å². The summed E-state index contributed by atoms with van der Waals surface area (Å²) >= 11 is 3.44. The van der Waals surface area contributed by atoms with Gasteiger partial charge in [-0.05, 0) is 44.4 Å². The summed E-state index contributed by atoms with van der Waals surface area (Å²) in [4.78, 5) is 12.6. The Morgan fingerprint density at radius 2 is 2.17 bits per heavy atom. The first kappa shape index (κ1) is 18.6. The topological polar surface area (TPSA) is 85.8 Å². The van der Waals surface area contributed by atoms with Gasteiger partial charge in [0.25, 0.3) is 5.91 Å². The van der Waals surface area contributed by atoms with Crippen molar-refractivity contribution in [3.05, 3.63) is 40.1 Å². The number of hydrogen-bond donors (Lipinski definition) is 2. The molecule has 0 fully saturated rings. The van der Waals surface area contributed by atoms with Crippen LogP contribution in [-0.4, -0.2) is 33.0 Å². The normalized spacial score (nSPS) is 13.8. The Morgan fingerprint density at radius 3 is 2.75 bits per heavy atom. The Hall–Kier alpha value is -1.73. The van der Waals surface area contributed by atoms with E-state index in [2.05, 4.69) is 45.4 Å². The molecule has 0 saturated heterocycles. The molecule has 0 spiro atoms. The first-order valence-electron chi connectivity index (χ1n) is 7.96. The van der Waals surface area contributed by atoms with Crippen molar-refractivity contribution in [1.29, 1.82) is 0 Å². The van der Waals surface area contributed by atoms with Crippen LogP contribution in [0.2, 0.25) is 0 Å². The minimum Gasteiger partial charge on any atom is -0.344 e. The monoisotopic (exact) mass is 393 g/mol. The Morgan fingerprint density at radius 1 is 1.46 bits per heavy atom. The average molecular weight is 394 g/mol. The number of nitrogens with one attached hydrogen (secondary N) is 1. The highest BCUT2D eigenvalue weighted by Gasteiger charge is 2.28. The van der Waals surface area contributed by atoms with Crippen LogP contribution >= 0.6 is 15.9 Å². The van der Waals surface area contributed by atoms with Gasteiger partial charge in [-0.2, -0.15) is 0 Å². The molecule has 1 aromatic heterocycles. The summed E-state index contributed by atoms with van der Waals surface area (Å²) in [7, 11) is 0. The van der Waals surface area contributed by atoms with Crippen molar-refractivity contribution in [3.8, 4) is 5.69 Å². The van der Waals surface area contributed by atoms with Gasteiger partial charge in [-0.25, -0.2) is 4.68 Å². The molecule has 0 saturated carbocycles. The van der Waals surface area contributed by atoms with Crippen LogP contribution in [0, 0.1) is 12.8 Å². The third-order valence-corrected chi connectivity index (χ3v) is 4.38.